The van der Waals surface area contributed by atoms with E-state index in [0.717, 1.165) is 22.4 Å². The molecule has 1 aliphatic rings. The Morgan fingerprint density at radius 3 is 2.44 bits per heavy atom. The molecule has 1 saturated heterocycles. The summed E-state index contributed by atoms with van der Waals surface area (Å²) < 4.78 is 11.2. The van der Waals surface area contributed by atoms with Crippen LogP contribution < -0.4 is 4.74 Å². The number of methoxy groups -OCH3 is 1. The molecule has 3 rings (SSSR count). The highest BCUT2D eigenvalue weighted by Crippen LogP contribution is 2.37. The molecule has 1 fully saturated rings. The summed E-state index contributed by atoms with van der Waals surface area (Å²) in [7, 11) is 1.64. The minimum Gasteiger partial charge on any atom is -0.497 e. The zero-order valence-corrected chi connectivity index (χ0v) is 17.0. The second-order valence-electron chi connectivity index (χ2n) is 6.85. The Morgan fingerprint density at radius 1 is 1.11 bits per heavy atom. The number of halogens is 1. The van der Waals surface area contributed by atoms with Crippen molar-refractivity contribution in [2.45, 2.75) is 49.4 Å². The van der Waals surface area contributed by atoms with E-state index in [0.29, 0.717) is 17.9 Å². The molecule has 4 nitrogen and oxygen atoms in total. The maximum atomic E-state index is 10.5. The van der Waals surface area contributed by atoms with Crippen molar-refractivity contribution in [2.75, 3.05) is 7.11 Å². The molecule has 6 heteroatoms. The highest BCUT2D eigenvalue weighted by molar-refractivity contribution is 7.81. The molecule has 5 atom stereocenters. The predicted molar refractivity (Wildman–Crippen MR) is 110 cm³/mol. The van der Waals surface area contributed by atoms with Gasteiger partial charge in [0.05, 0.1) is 24.6 Å². The Hall–Kier alpha value is -1.24. The molecule has 0 unspecified atom stereocenters. The monoisotopic (exact) mass is 408 g/mol. The van der Waals surface area contributed by atoms with Crippen LogP contribution in [-0.4, -0.2) is 40.9 Å². The standard InChI is InChI=1S/C21H25ClO4S/c1-3-17-21(27)19(24)18(23)20(26-17)13-6-9-16(22)14(11-13)10-12-4-7-15(25-2)8-5-12/h4-9,11,17-21,23-24,27H,3,10H2,1-2H3/t17-,18-,19-,20+,21-/m1/s1. The topological polar surface area (TPSA) is 58.9 Å². The lowest BCUT2D eigenvalue weighted by Crippen LogP contribution is -2.51. The van der Waals surface area contributed by atoms with Crippen LogP contribution in [0.3, 0.4) is 0 Å². The maximum absolute atomic E-state index is 10.5. The minimum absolute atomic E-state index is 0.225. The van der Waals surface area contributed by atoms with Gasteiger partial charge in [0.1, 0.15) is 18.0 Å². The summed E-state index contributed by atoms with van der Waals surface area (Å²) >= 11 is 10.8. The molecule has 2 N–H and O–H groups in total. The van der Waals surface area contributed by atoms with Crippen LogP contribution in [0, 0.1) is 0 Å². The number of hydrogen-bond acceptors (Lipinski definition) is 5. The molecular weight excluding hydrogens is 384 g/mol. The highest BCUT2D eigenvalue weighted by Gasteiger charge is 2.42. The van der Waals surface area contributed by atoms with Gasteiger partial charge < -0.3 is 19.7 Å². The van der Waals surface area contributed by atoms with Crippen LogP contribution in [0.4, 0.5) is 0 Å². The van der Waals surface area contributed by atoms with Gasteiger partial charge in [0.25, 0.3) is 0 Å². The SMILES string of the molecule is CC[C@H]1O[C@@H](c2ccc(Cl)c(Cc3ccc(OC)cc3)c2)[C@H](O)[C@@H](O)[C@@H]1S. The third-order valence-electron chi connectivity index (χ3n) is 5.07. The number of aliphatic hydroxyl groups excluding tert-OH is 2. The Bertz CT molecular complexity index is 765. The van der Waals surface area contributed by atoms with Crippen molar-refractivity contribution in [3.05, 3.63) is 64.2 Å². The summed E-state index contributed by atoms with van der Waals surface area (Å²) in [5.41, 5.74) is 2.83. The lowest BCUT2D eigenvalue weighted by molar-refractivity contribution is -0.166. The van der Waals surface area contributed by atoms with Crippen LogP contribution in [0.2, 0.25) is 5.02 Å². The molecule has 0 radical (unpaired) electrons. The molecule has 0 amide bonds. The number of rotatable bonds is 5. The van der Waals surface area contributed by atoms with E-state index >= 15 is 0 Å². The second kappa shape index (κ2) is 8.84. The molecule has 2 aromatic carbocycles. The Labute approximate surface area is 170 Å². The van der Waals surface area contributed by atoms with E-state index in [2.05, 4.69) is 12.6 Å². The largest absolute Gasteiger partial charge is 0.497 e. The van der Waals surface area contributed by atoms with Crippen molar-refractivity contribution in [1.82, 2.24) is 0 Å². The Morgan fingerprint density at radius 2 is 1.81 bits per heavy atom. The zero-order chi connectivity index (χ0) is 19.6. The molecule has 1 aliphatic heterocycles. The molecule has 0 aliphatic carbocycles. The fourth-order valence-corrected chi connectivity index (χ4v) is 4.08. The first kappa shape index (κ1) is 20.5. The molecule has 1 heterocycles. The second-order valence-corrected chi connectivity index (χ2v) is 7.85. The van der Waals surface area contributed by atoms with E-state index in [-0.39, 0.29) is 6.10 Å². The molecule has 146 valence electrons. The molecular formula is C21H25ClO4S. The van der Waals surface area contributed by atoms with Crippen LogP contribution in [-0.2, 0) is 11.2 Å². The first-order chi connectivity index (χ1) is 12.9. The van der Waals surface area contributed by atoms with Gasteiger partial charge in [-0.2, -0.15) is 12.6 Å². The summed E-state index contributed by atoms with van der Waals surface area (Å²) in [6.07, 6.45) is -1.46. The van der Waals surface area contributed by atoms with Crippen LogP contribution in [0.15, 0.2) is 42.5 Å². The fraction of sp³-hybridized carbons (Fsp3) is 0.429. The van der Waals surface area contributed by atoms with Crippen LogP contribution in [0.25, 0.3) is 0 Å². The number of aliphatic hydroxyl groups is 2. The normalized spacial score (nSPS) is 28.1. The summed E-state index contributed by atoms with van der Waals surface area (Å²) in [4.78, 5) is 0. The van der Waals surface area contributed by atoms with E-state index in [1.54, 1.807) is 7.11 Å². The first-order valence-electron chi connectivity index (χ1n) is 9.05. The fourth-order valence-electron chi connectivity index (χ4n) is 3.43. The van der Waals surface area contributed by atoms with Crippen molar-refractivity contribution < 1.29 is 19.7 Å². The quantitative estimate of drug-likeness (QED) is 0.658. The Balaban J connectivity index is 1.85. The van der Waals surface area contributed by atoms with Crippen molar-refractivity contribution in [3.63, 3.8) is 0 Å². The van der Waals surface area contributed by atoms with Gasteiger partial charge in [-0.25, -0.2) is 0 Å². The van der Waals surface area contributed by atoms with Crippen LogP contribution in [0.5, 0.6) is 5.75 Å². The molecule has 2 aromatic rings. The maximum Gasteiger partial charge on any atom is 0.118 e. The highest BCUT2D eigenvalue weighted by atomic mass is 35.5. The lowest BCUT2D eigenvalue weighted by atomic mass is 9.90. The van der Waals surface area contributed by atoms with Gasteiger partial charge in [0.15, 0.2) is 0 Å². The molecule has 27 heavy (non-hydrogen) atoms. The van der Waals surface area contributed by atoms with Crippen LogP contribution >= 0.6 is 24.2 Å². The zero-order valence-electron chi connectivity index (χ0n) is 15.4. The third-order valence-corrected chi connectivity index (χ3v) is 6.07. The third kappa shape index (κ3) is 4.44. The van der Waals surface area contributed by atoms with Gasteiger partial charge in [-0.15, -0.1) is 0 Å². The Kier molecular flexibility index (Phi) is 6.71. The molecule has 0 aromatic heterocycles. The van der Waals surface area contributed by atoms with E-state index in [1.165, 1.54) is 0 Å². The van der Waals surface area contributed by atoms with Crippen molar-refractivity contribution >= 4 is 24.2 Å². The lowest BCUT2D eigenvalue weighted by Gasteiger charge is -2.41. The van der Waals surface area contributed by atoms with Gasteiger partial charge in [0, 0.05) is 5.02 Å². The smallest absolute Gasteiger partial charge is 0.118 e. The number of benzene rings is 2. The summed E-state index contributed by atoms with van der Waals surface area (Å²) in [6, 6.07) is 13.4. The van der Waals surface area contributed by atoms with Crippen molar-refractivity contribution in [1.29, 1.82) is 0 Å². The number of thiol groups is 1. The van der Waals surface area contributed by atoms with Crippen molar-refractivity contribution in [2.24, 2.45) is 0 Å². The average molecular weight is 409 g/mol. The summed E-state index contributed by atoms with van der Waals surface area (Å²) in [5.74, 6) is 0.804. The van der Waals surface area contributed by atoms with Gasteiger partial charge >= 0.3 is 0 Å². The predicted octanol–water partition coefficient (Wildman–Crippen LogP) is 3.81. The molecule has 0 bridgehead atoms. The van der Waals surface area contributed by atoms with E-state index in [1.807, 2.05) is 49.4 Å². The van der Waals surface area contributed by atoms with E-state index in [9.17, 15) is 10.2 Å². The van der Waals surface area contributed by atoms with Gasteiger partial charge in [-0.1, -0.05) is 42.8 Å². The molecule has 0 spiro atoms. The van der Waals surface area contributed by atoms with Crippen molar-refractivity contribution in [3.8, 4) is 5.75 Å². The molecule has 0 saturated carbocycles. The van der Waals surface area contributed by atoms with Gasteiger partial charge in [-0.3, -0.25) is 0 Å². The number of hydrogen-bond donors (Lipinski definition) is 3. The van der Waals surface area contributed by atoms with Crippen LogP contribution in [0.1, 0.15) is 36.1 Å². The van der Waals surface area contributed by atoms with E-state index in [4.69, 9.17) is 21.1 Å². The first-order valence-corrected chi connectivity index (χ1v) is 9.95. The van der Waals surface area contributed by atoms with E-state index < -0.39 is 23.6 Å². The van der Waals surface area contributed by atoms with Gasteiger partial charge in [0.2, 0.25) is 0 Å². The number of ether oxygens (including phenoxy) is 2. The minimum atomic E-state index is -1.04. The average Bonchev–Trinajstić information content (AvgIpc) is 2.69. The van der Waals surface area contributed by atoms with Gasteiger partial charge in [-0.05, 0) is 47.7 Å². The summed E-state index contributed by atoms with van der Waals surface area (Å²) in [5, 5.41) is 21.1. The summed E-state index contributed by atoms with van der Waals surface area (Å²) in [6.45, 7) is 1.98.